The van der Waals surface area contributed by atoms with Crippen molar-refractivity contribution in [3.63, 3.8) is 0 Å². The van der Waals surface area contributed by atoms with Crippen LogP contribution in [0.25, 0.3) is 0 Å². The molecule has 0 unspecified atom stereocenters. The van der Waals surface area contributed by atoms with Crippen LogP contribution in [0.3, 0.4) is 0 Å². The van der Waals surface area contributed by atoms with Gasteiger partial charge in [0.05, 0.1) is 23.6 Å². The Morgan fingerprint density at radius 3 is 2.94 bits per heavy atom. The van der Waals surface area contributed by atoms with Crippen LogP contribution in [0.5, 0.6) is 0 Å². The number of carbonyl (C=O) groups excluding carboxylic acids is 1. The first-order valence-electron chi connectivity index (χ1n) is 5.26. The van der Waals surface area contributed by atoms with Crippen LogP contribution in [-0.2, 0) is 0 Å². The molecule has 0 bridgehead atoms. The molecule has 1 aromatic heterocycles. The highest BCUT2D eigenvalue weighted by atomic mass is 32.1. The zero-order valence-corrected chi connectivity index (χ0v) is 10.6. The van der Waals surface area contributed by atoms with Crippen LogP contribution in [-0.4, -0.2) is 42.5 Å². The molecule has 0 saturated carbocycles. The average Bonchev–Trinajstić information content (AvgIpc) is 2.76. The van der Waals surface area contributed by atoms with Crippen LogP contribution in [0, 0.1) is 11.8 Å². The summed E-state index contributed by atoms with van der Waals surface area (Å²) in [7, 11) is 1.34. The van der Waals surface area contributed by atoms with Gasteiger partial charge in [0.2, 0.25) is 0 Å². The number of hydrogen-bond acceptors (Lipinski definition) is 3. The number of rotatable bonds is 4. The third-order valence-corrected chi connectivity index (χ3v) is 2.90. The van der Waals surface area contributed by atoms with Crippen molar-refractivity contribution in [2.24, 2.45) is 0 Å². The molecule has 0 aromatic carbocycles. The Balaban J connectivity index is 2.68. The van der Waals surface area contributed by atoms with Crippen LogP contribution in [0.2, 0.25) is 0 Å². The number of aliphatic hydroxyl groups is 1. The molecule has 0 saturated heterocycles. The van der Waals surface area contributed by atoms with Crippen LogP contribution in [0.4, 0.5) is 8.78 Å². The number of hydrogen-bond donors (Lipinski definition) is 1. The molecule has 1 heterocycles. The van der Waals surface area contributed by atoms with Crippen molar-refractivity contribution in [1.82, 2.24) is 4.90 Å². The normalized spacial score (nSPS) is 10.1. The summed E-state index contributed by atoms with van der Waals surface area (Å²) in [4.78, 5) is 13.4. The Kier molecular flexibility index (Phi) is 5.75. The number of alkyl halides is 2. The van der Waals surface area contributed by atoms with E-state index in [1.807, 2.05) is 0 Å². The van der Waals surface area contributed by atoms with Gasteiger partial charge in [0, 0.05) is 18.8 Å². The number of amides is 1. The van der Waals surface area contributed by atoms with Crippen molar-refractivity contribution < 1.29 is 18.7 Å². The summed E-state index contributed by atoms with van der Waals surface area (Å²) in [6, 6.07) is 1.57. The van der Waals surface area contributed by atoms with Gasteiger partial charge in [0.25, 0.3) is 12.3 Å². The van der Waals surface area contributed by atoms with E-state index >= 15 is 0 Å². The summed E-state index contributed by atoms with van der Waals surface area (Å²) in [6.07, 6.45) is -2.17. The van der Waals surface area contributed by atoms with E-state index in [9.17, 15) is 13.6 Å². The Hall–Kier alpha value is -1.45. The maximum atomic E-state index is 12.1. The lowest BCUT2D eigenvalue weighted by Crippen LogP contribution is -2.30. The van der Waals surface area contributed by atoms with Crippen LogP contribution in [0.1, 0.15) is 21.7 Å². The minimum absolute atomic E-state index is 0.0126. The van der Waals surface area contributed by atoms with E-state index in [-0.39, 0.29) is 6.61 Å². The molecule has 6 heteroatoms. The maximum Gasteiger partial charge on any atom is 0.255 e. The van der Waals surface area contributed by atoms with Crippen LogP contribution < -0.4 is 0 Å². The third kappa shape index (κ3) is 4.43. The van der Waals surface area contributed by atoms with Gasteiger partial charge in [-0.05, 0) is 6.07 Å². The molecule has 0 spiro atoms. The first-order chi connectivity index (χ1) is 8.54. The SMILES string of the molecule is CN(CC(F)F)C(=O)c1csc(C#CCCO)c1. The Morgan fingerprint density at radius 2 is 2.33 bits per heavy atom. The van der Waals surface area contributed by atoms with Crippen molar-refractivity contribution in [1.29, 1.82) is 0 Å². The summed E-state index contributed by atoms with van der Waals surface area (Å²) in [5, 5.41) is 10.2. The highest BCUT2D eigenvalue weighted by molar-refractivity contribution is 7.10. The van der Waals surface area contributed by atoms with Gasteiger partial charge in [-0.2, -0.15) is 0 Å². The van der Waals surface area contributed by atoms with Crippen molar-refractivity contribution in [2.75, 3.05) is 20.2 Å². The van der Waals surface area contributed by atoms with Gasteiger partial charge in [-0.15, -0.1) is 11.3 Å². The summed E-state index contributed by atoms with van der Waals surface area (Å²) in [5.74, 6) is 5.08. The van der Waals surface area contributed by atoms with E-state index in [0.717, 1.165) is 4.90 Å². The predicted molar refractivity (Wildman–Crippen MR) is 65.9 cm³/mol. The number of thiophene rings is 1. The molecular formula is C12H13F2NO2S. The molecule has 98 valence electrons. The fourth-order valence-corrected chi connectivity index (χ4v) is 1.98. The van der Waals surface area contributed by atoms with Gasteiger partial charge >= 0.3 is 0 Å². The first-order valence-corrected chi connectivity index (χ1v) is 6.14. The van der Waals surface area contributed by atoms with Gasteiger partial charge in [0.1, 0.15) is 0 Å². The molecule has 3 nitrogen and oxygen atoms in total. The van der Waals surface area contributed by atoms with Gasteiger partial charge in [-0.25, -0.2) is 8.78 Å². The molecule has 0 aliphatic rings. The van der Waals surface area contributed by atoms with E-state index < -0.39 is 18.9 Å². The largest absolute Gasteiger partial charge is 0.395 e. The molecule has 0 aliphatic carbocycles. The molecular weight excluding hydrogens is 260 g/mol. The molecule has 18 heavy (non-hydrogen) atoms. The lowest BCUT2D eigenvalue weighted by molar-refractivity contribution is 0.0621. The fourth-order valence-electron chi connectivity index (χ4n) is 1.23. The Bertz CT molecular complexity index is 462. The van der Waals surface area contributed by atoms with Gasteiger partial charge in [0.15, 0.2) is 0 Å². The minimum atomic E-state index is -2.54. The molecule has 1 amide bonds. The molecule has 1 aromatic rings. The molecule has 0 atom stereocenters. The number of aliphatic hydroxyl groups excluding tert-OH is 1. The number of halogens is 2. The van der Waals surface area contributed by atoms with Gasteiger partial charge < -0.3 is 10.0 Å². The summed E-state index contributed by atoms with van der Waals surface area (Å²) in [5.41, 5.74) is 0.358. The summed E-state index contributed by atoms with van der Waals surface area (Å²) >= 11 is 1.27. The van der Waals surface area contributed by atoms with E-state index in [1.54, 1.807) is 11.4 Å². The smallest absolute Gasteiger partial charge is 0.255 e. The second kappa shape index (κ2) is 7.09. The maximum absolute atomic E-state index is 12.1. The average molecular weight is 273 g/mol. The Morgan fingerprint density at radius 1 is 1.61 bits per heavy atom. The topological polar surface area (TPSA) is 40.5 Å². The third-order valence-electron chi connectivity index (χ3n) is 2.05. The highest BCUT2D eigenvalue weighted by Gasteiger charge is 2.16. The van der Waals surface area contributed by atoms with Crippen LogP contribution >= 0.6 is 11.3 Å². The first kappa shape index (κ1) is 14.6. The summed E-state index contributed by atoms with van der Waals surface area (Å²) < 4.78 is 24.3. The molecule has 0 radical (unpaired) electrons. The lowest BCUT2D eigenvalue weighted by atomic mass is 10.2. The fraction of sp³-hybridized carbons (Fsp3) is 0.417. The zero-order valence-electron chi connectivity index (χ0n) is 9.82. The zero-order chi connectivity index (χ0) is 13.5. The van der Waals surface area contributed by atoms with E-state index in [4.69, 9.17) is 5.11 Å². The molecule has 0 fully saturated rings. The molecule has 1 N–H and O–H groups in total. The predicted octanol–water partition coefficient (Wildman–Crippen LogP) is 1.82. The van der Waals surface area contributed by atoms with Crippen molar-refractivity contribution in [3.05, 3.63) is 21.9 Å². The van der Waals surface area contributed by atoms with E-state index in [0.29, 0.717) is 16.9 Å². The Labute approximate surface area is 108 Å². The number of nitrogens with zero attached hydrogens (tertiary/aromatic N) is 1. The summed E-state index contributed by atoms with van der Waals surface area (Å²) in [6.45, 7) is -0.596. The standard InChI is InChI=1S/C12H13F2NO2S/c1-15(7-11(13)14)12(17)9-6-10(18-8-9)4-2-3-5-16/h6,8,11,16H,3,5,7H2,1H3. The van der Waals surface area contributed by atoms with Crippen molar-refractivity contribution >= 4 is 17.2 Å². The quantitative estimate of drug-likeness (QED) is 0.850. The second-order valence-electron chi connectivity index (χ2n) is 3.55. The minimum Gasteiger partial charge on any atom is -0.395 e. The molecule has 0 aliphatic heterocycles. The van der Waals surface area contributed by atoms with Gasteiger partial charge in [-0.3, -0.25) is 4.79 Å². The number of carbonyl (C=O) groups is 1. The van der Waals surface area contributed by atoms with Crippen molar-refractivity contribution in [3.8, 4) is 11.8 Å². The lowest BCUT2D eigenvalue weighted by Gasteiger charge is -2.15. The highest BCUT2D eigenvalue weighted by Crippen LogP contribution is 2.15. The molecule has 1 rings (SSSR count). The van der Waals surface area contributed by atoms with E-state index in [2.05, 4.69) is 11.8 Å². The monoisotopic (exact) mass is 273 g/mol. The van der Waals surface area contributed by atoms with E-state index in [1.165, 1.54) is 18.4 Å². The van der Waals surface area contributed by atoms with Crippen LogP contribution in [0.15, 0.2) is 11.4 Å². The van der Waals surface area contributed by atoms with Gasteiger partial charge in [-0.1, -0.05) is 11.8 Å². The van der Waals surface area contributed by atoms with Crippen molar-refractivity contribution in [2.45, 2.75) is 12.8 Å². The second-order valence-corrected chi connectivity index (χ2v) is 4.46.